The molecule has 0 saturated heterocycles. The van der Waals surface area contributed by atoms with Crippen LogP contribution in [0.5, 0.6) is 0 Å². The predicted molar refractivity (Wildman–Crippen MR) is 85.7 cm³/mol. The van der Waals surface area contributed by atoms with Crippen molar-refractivity contribution in [3.8, 4) is 0 Å². The van der Waals surface area contributed by atoms with Crippen molar-refractivity contribution < 1.29 is 8.42 Å². The predicted octanol–water partition coefficient (Wildman–Crippen LogP) is 1.94. The molecule has 0 bridgehead atoms. The van der Waals surface area contributed by atoms with Gasteiger partial charge in [0.25, 0.3) is 0 Å². The molecule has 0 fully saturated rings. The average molecular weight is 394 g/mol. The number of aryl methyl sites for hydroxylation is 1. The van der Waals surface area contributed by atoms with Crippen molar-refractivity contribution in [2.24, 2.45) is 7.05 Å². The van der Waals surface area contributed by atoms with Crippen molar-refractivity contribution in [3.05, 3.63) is 39.6 Å². The van der Waals surface area contributed by atoms with Crippen LogP contribution < -0.4 is 10.5 Å². The first kappa shape index (κ1) is 16.3. The molecule has 0 aliphatic rings. The zero-order valence-corrected chi connectivity index (χ0v) is 14.3. The SMILES string of the molecule is Cn1nccc1CCNS(=O)(=O)c1cc(Cl)cc(N)c1Br. The van der Waals surface area contributed by atoms with Crippen LogP contribution in [0, 0.1) is 0 Å². The van der Waals surface area contributed by atoms with Gasteiger partial charge < -0.3 is 5.73 Å². The van der Waals surface area contributed by atoms with Crippen LogP contribution >= 0.6 is 27.5 Å². The third kappa shape index (κ3) is 3.76. The van der Waals surface area contributed by atoms with Crippen LogP contribution in [-0.4, -0.2) is 24.7 Å². The molecule has 0 aliphatic carbocycles. The van der Waals surface area contributed by atoms with E-state index in [1.165, 1.54) is 12.1 Å². The van der Waals surface area contributed by atoms with Gasteiger partial charge in [0, 0.05) is 42.6 Å². The number of nitrogens with two attached hydrogens (primary N) is 1. The molecule has 21 heavy (non-hydrogen) atoms. The molecule has 0 atom stereocenters. The standard InChI is InChI=1S/C12H14BrClN4O2S/c1-18-9(2-4-16-18)3-5-17-21(19,20)11-7-8(14)6-10(15)12(11)13/h2,4,6-7,17H,3,5,15H2,1H3. The van der Waals surface area contributed by atoms with E-state index >= 15 is 0 Å². The summed E-state index contributed by atoms with van der Waals surface area (Å²) in [5, 5.41) is 4.29. The summed E-state index contributed by atoms with van der Waals surface area (Å²) in [6, 6.07) is 4.68. The molecule has 9 heteroatoms. The van der Waals surface area contributed by atoms with Crippen LogP contribution in [0.3, 0.4) is 0 Å². The minimum atomic E-state index is -3.69. The van der Waals surface area contributed by atoms with E-state index in [0.29, 0.717) is 10.9 Å². The summed E-state index contributed by atoms with van der Waals surface area (Å²) in [6.45, 7) is 0.251. The van der Waals surface area contributed by atoms with Gasteiger partial charge in [-0.25, -0.2) is 13.1 Å². The molecule has 3 N–H and O–H groups in total. The van der Waals surface area contributed by atoms with Crippen LogP contribution in [0.4, 0.5) is 5.69 Å². The van der Waals surface area contributed by atoms with Crippen molar-refractivity contribution in [2.45, 2.75) is 11.3 Å². The van der Waals surface area contributed by atoms with Gasteiger partial charge in [0.05, 0.1) is 9.37 Å². The van der Waals surface area contributed by atoms with E-state index in [4.69, 9.17) is 17.3 Å². The van der Waals surface area contributed by atoms with Crippen LogP contribution in [0.1, 0.15) is 5.69 Å². The average Bonchev–Trinajstić information content (AvgIpc) is 2.79. The van der Waals surface area contributed by atoms with Crippen LogP contribution in [0.2, 0.25) is 5.02 Å². The maximum Gasteiger partial charge on any atom is 0.241 e. The van der Waals surface area contributed by atoms with Gasteiger partial charge in [-0.3, -0.25) is 4.68 Å². The first-order chi connectivity index (χ1) is 9.81. The van der Waals surface area contributed by atoms with Gasteiger partial charge in [-0.15, -0.1) is 0 Å². The normalized spacial score (nSPS) is 11.8. The highest BCUT2D eigenvalue weighted by atomic mass is 79.9. The smallest absolute Gasteiger partial charge is 0.241 e. The molecule has 0 saturated carbocycles. The summed E-state index contributed by atoms with van der Waals surface area (Å²) in [4.78, 5) is 0.0255. The van der Waals surface area contributed by atoms with Crippen molar-refractivity contribution in [3.63, 3.8) is 0 Å². The lowest BCUT2D eigenvalue weighted by Crippen LogP contribution is -2.27. The molecule has 114 valence electrons. The Labute approximate surface area is 136 Å². The Morgan fingerprint density at radius 1 is 1.48 bits per heavy atom. The summed E-state index contributed by atoms with van der Waals surface area (Å²) in [7, 11) is -1.89. The Bertz CT molecular complexity index is 761. The van der Waals surface area contributed by atoms with E-state index in [2.05, 4.69) is 25.8 Å². The van der Waals surface area contributed by atoms with Crippen molar-refractivity contribution in [1.29, 1.82) is 0 Å². The summed E-state index contributed by atoms with van der Waals surface area (Å²) < 4.78 is 29.1. The molecule has 1 aromatic heterocycles. The number of halogens is 2. The number of benzene rings is 1. The number of anilines is 1. The largest absolute Gasteiger partial charge is 0.398 e. The maximum atomic E-state index is 12.3. The number of sulfonamides is 1. The molecule has 0 unspecified atom stereocenters. The van der Waals surface area contributed by atoms with Crippen LogP contribution in [0.15, 0.2) is 33.8 Å². The highest BCUT2D eigenvalue weighted by molar-refractivity contribution is 9.10. The number of hydrogen-bond donors (Lipinski definition) is 2. The van der Waals surface area contributed by atoms with E-state index in [9.17, 15) is 8.42 Å². The zero-order valence-electron chi connectivity index (χ0n) is 11.2. The number of nitrogens with one attached hydrogen (secondary N) is 1. The van der Waals surface area contributed by atoms with E-state index in [1.54, 1.807) is 17.9 Å². The molecule has 0 amide bonds. The molecule has 0 spiro atoms. The Morgan fingerprint density at radius 3 is 2.81 bits per heavy atom. The zero-order chi connectivity index (χ0) is 15.6. The van der Waals surface area contributed by atoms with E-state index in [1.807, 2.05) is 6.07 Å². The van der Waals surface area contributed by atoms with E-state index < -0.39 is 10.0 Å². The number of nitrogens with zero attached hydrogens (tertiary/aromatic N) is 2. The molecular formula is C12H14BrClN4O2S. The quantitative estimate of drug-likeness (QED) is 0.760. The fraction of sp³-hybridized carbons (Fsp3) is 0.250. The molecule has 2 aromatic rings. The molecular weight excluding hydrogens is 380 g/mol. The first-order valence-corrected chi connectivity index (χ1v) is 8.68. The van der Waals surface area contributed by atoms with Gasteiger partial charge in [-0.1, -0.05) is 11.6 Å². The molecule has 0 radical (unpaired) electrons. The van der Waals surface area contributed by atoms with E-state index in [-0.39, 0.29) is 22.2 Å². The topological polar surface area (TPSA) is 90.0 Å². The number of rotatable bonds is 5. The Hall–Kier alpha value is -1.09. The fourth-order valence-electron chi connectivity index (χ4n) is 1.82. The monoisotopic (exact) mass is 392 g/mol. The van der Waals surface area contributed by atoms with Gasteiger partial charge in [0.1, 0.15) is 0 Å². The first-order valence-electron chi connectivity index (χ1n) is 6.02. The molecule has 2 rings (SSSR count). The summed E-state index contributed by atoms with van der Waals surface area (Å²) in [5.41, 5.74) is 6.91. The number of aromatic nitrogens is 2. The lowest BCUT2D eigenvalue weighted by atomic mass is 10.3. The number of nitrogen functional groups attached to an aromatic ring is 1. The number of hydrogen-bond acceptors (Lipinski definition) is 4. The Morgan fingerprint density at radius 2 is 2.19 bits per heavy atom. The van der Waals surface area contributed by atoms with Crippen LogP contribution in [-0.2, 0) is 23.5 Å². The highest BCUT2D eigenvalue weighted by Gasteiger charge is 2.19. The van der Waals surface area contributed by atoms with Gasteiger partial charge in [0.2, 0.25) is 10.0 Å². The Kier molecular flexibility index (Phi) is 4.92. The second kappa shape index (κ2) is 6.35. The van der Waals surface area contributed by atoms with Crippen LogP contribution in [0.25, 0.3) is 0 Å². The molecule has 0 aliphatic heterocycles. The molecule has 1 aromatic carbocycles. The lowest BCUT2D eigenvalue weighted by Gasteiger charge is -2.10. The molecule has 6 nitrogen and oxygen atoms in total. The van der Waals surface area contributed by atoms with Gasteiger partial charge in [0.15, 0.2) is 0 Å². The maximum absolute atomic E-state index is 12.3. The third-order valence-corrected chi connectivity index (χ3v) is 5.77. The second-order valence-corrected chi connectivity index (χ2v) is 7.37. The van der Waals surface area contributed by atoms with Crippen molar-refractivity contribution in [1.82, 2.24) is 14.5 Å². The minimum absolute atomic E-state index is 0.0255. The van der Waals surface area contributed by atoms with Crippen molar-refractivity contribution in [2.75, 3.05) is 12.3 Å². The van der Waals surface area contributed by atoms with Crippen molar-refractivity contribution >= 4 is 43.2 Å². The van der Waals surface area contributed by atoms with E-state index in [0.717, 1.165) is 5.69 Å². The summed E-state index contributed by atoms with van der Waals surface area (Å²) in [5.74, 6) is 0. The summed E-state index contributed by atoms with van der Waals surface area (Å²) >= 11 is 9.04. The lowest BCUT2D eigenvalue weighted by molar-refractivity contribution is 0.579. The molecule has 1 heterocycles. The second-order valence-electron chi connectivity index (χ2n) is 4.40. The third-order valence-electron chi connectivity index (χ3n) is 2.92. The van der Waals surface area contributed by atoms with Gasteiger partial charge >= 0.3 is 0 Å². The minimum Gasteiger partial charge on any atom is -0.398 e. The van der Waals surface area contributed by atoms with Gasteiger partial charge in [-0.05, 0) is 34.1 Å². The highest BCUT2D eigenvalue weighted by Crippen LogP contribution is 2.31. The Balaban J connectivity index is 2.14. The fourth-order valence-corrected chi connectivity index (χ4v) is 4.14. The van der Waals surface area contributed by atoms with Gasteiger partial charge in [-0.2, -0.15) is 5.10 Å². The summed E-state index contributed by atoms with van der Waals surface area (Å²) in [6.07, 6.45) is 2.20.